The fraction of sp³-hybridized carbons (Fsp3) is 0.417. The summed E-state index contributed by atoms with van der Waals surface area (Å²) in [7, 11) is 0.401. The van der Waals surface area contributed by atoms with Crippen molar-refractivity contribution in [3.05, 3.63) is 34.9 Å². The molecule has 1 aliphatic heterocycles. The summed E-state index contributed by atoms with van der Waals surface area (Å²) in [6.45, 7) is 2.95. The molecule has 2 rings (SSSR count). The Morgan fingerprint density at radius 3 is 3.06 bits per heavy atom. The van der Waals surface area contributed by atoms with Crippen LogP contribution in [0.25, 0.3) is 0 Å². The number of hydrogen-bond donors (Lipinski definition) is 1. The average Bonchev–Trinajstić information content (AvgIpc) is 2.29. The summed E-state index contributed by atoms with van der Waals surface area (Å²) in [6.07, 6.45) is 1.74. The van der Waals surface area contributed by atoms with Crippen LogP contribution in [0.15, 0.2) is 18.2 Å². The number of benzene rings is 1. The van der Waals surface area contributed by atoms with Crippen LogP contribution in [0.5, 0.6) is 0 Å². The summed E-state index contributed by atoms with van der Waals surface area (Å²) >= 11 is 0. The Morgan fingerprint density at radius 2 is 2.38 bits per heavy atom. The van der Waals surface area contributed by atoms with E-state index in [1.165, 1.54) is 16.7 Å². The van der Waals surface area contributed by atoms with E-state index in [4.69, 9.17) is 0 Å². The molecular formula is C12H16BNO2. The fourth-order valence-electron chi connectivity index (χ4n) is 2.32. The highest BCUT2D eigenvalue weighted by molar-refractivity contribution is 6.64. The van der Waals surface area contributed by atoms with Gasteiger partial charge in [-0.15, -0.1) is 0 Å². The van der Waals surface area contributed by atoms with E-state index < -0.39 is 0 Å². The number of rotatable bonds is 3. The van der Waals surface area contributed by atoms with Crippen LogP contribution in [-0.2, 0) is 17.8 Å². The van der Waals surface area contributed by atoms with Gasteiger partial charge in [-0.25, -0.2) is 0 Å². The standard InChI is InChI=1S/C12H16BNO2/c1-9-2-3-10-6-14(13-8-16)12(7-15)5-11(10)4-9/h2-4,8,12-13,15H,5-7H2,1H3/t12-/m0/s1. The lowest BCUT2D eigenvalue weighted by Gasteiger charge is -2.34. The summed E-state index contributed by atoms with van der Waals surface area (Å²) in [6, 6.07) is 6.48. The third-order valence-corrected chi connectivity index (χ3v) is 3.23. The number of aliphatic hydroxyl groups is 1. The van der Waals surface area contributed by atoms with Crippen molar-refractivity contribution in [1.29, 1.82) is 0 Å². The predicted molar refractivity (Wildman–Crippen MR) is 65.2 cm³/mol. The first-order chi connectivity index (χ1) is 7.74. The number of aryl methyl sites for hydroxylation is 1. The third kappa shape index (κ3) is 2.18. The Balaban J connectivity index is 2.26. The third-order valence-electron chi connectivity index (χ3n) is 3.23. The molecule has 3 nitrogen and oxygen atoms in total. The Kier molecular flexibility index (Phi) is 3.41. The van der Waals surface area contributed by atoms with Gasteiger partial charge in [0.2, 0.25) is 0 Å². The molecule has 0 bridgehead atoms. The van der Waals surface area contributed by atoms with Crippen LogP contribution < -0.4 is 0 Å². The van der Waals surface area contributed by atoms with E-state index >= 15 is 0 Å². The van der Waals surface area contributed by atoms with Gasteiger partial charge in [0.05, 0.1) is 12.8 Å². The van der Waals surface area contributed by atoms with E-state index in [1.54, 1.807) is 0 Å². The van der Waals surface area contributed by atoms with Crippen molar-refractivity contribution < 1.29 is 9.90 Å². The van der Waals surface area contributed by atoms with Gasteiger partial charge in [0.15, 0.2) is 0 Å². The minimum absolute atomic E-state index is 0.0829. The van der Waals surface area contributed by atoms with Crippen molar-refractivity contribution in [2.24, 2.45) is 0 Å². The van der Waals surface area contributed by atoms with Gasteiger partial charge in [-0.2, -0.15) is 0 Å². The Hall–Kier alpha value is -1.13. The molecule has 0 spiro atoms. The lowest BCUT2D eigenvalue weighted by atomic mass is 9.84. The number of fused-ring (bicyclic) bond motifs is 1. The van der Waals surface area contributed by atoms with Crippen molar-refractivity contribution in [3.8, 4) is 0 Å². The lowest BCUT2D eigenvalue weighted by Crippen LogP contribution is -2.45. The van der Waals surface area contributed by atoms with Crippen molar-refractivity contribution in [2.75, 3.05) is 6.61 Å². The maximum absolute atomic E-state index is 10.6. The molecule has 0 fully saturated rings. The second-order valence-electron chi connectivity index (χ2n) is 4.41. The van der Waals surface area contributed by atoms with E-state index in [-0.39, 0.29) is 12.6 Å². The molecule has 1 N–H and O–H groups in total. The molecule has 84 valence electrons. The van der Waals surface area contributed by atoms with Crippen LogP contribution in [0, 0.1) is 6.92 Å². The number of aliphatic hydroxyl groups excluding tert-OH is 1. The quantitative estimate of drug-likeness (QED) is 0.583. The second kappa shape index (κ2) is 4.81. The van der Waals surface area contributed by atoms with Crippen molar-refractivity contribution in [1.82, 2.24) is 4.81 Å². The first-order valence-electron chi connectivity index (χ1n) is 5.61. The van der Waals surface area contributed by atoms with Crippen LogP contribution in [-0.4, -0.2) is 36.2 Å². The molecule has 0 saturated heterocycles. The largest absolute Gasteiger partial charge is 0.395 e. The molecular weight excluding hydrogens is 201 g/mol. The smallest absolute Gasteiger partial charge is 0.281 e. The van der Waals surface area contributed by atoms with E-state index in [0.717, 1.165) is 19.2 Å². The normalized spacial score (nSPS) is 20.2. The van der Waals surface area contributed by atoms with E-state index in [0.29, 0.717) is 7.41 Å². The van der Waals surface area contributed by atoms with Gasteiger partial charge in [0, 0.05) is 12.6 Å². The maximum Gasteiger partial charge on any atom is 0.281 e. The van der Waals surface area contributed by atoms with Gasteiger partial charge in [-0.05, 0) is 24.5 Å². The number of carbonyl (C=O) groups is 1. The summed E-state index contributed by atoms with van der Waals surface area (Å²) in [5.41, 5.74) is 3.83. The van der Waals surface area contributed by atoms with Crippen LogP contribution in [0.3, 0.4) is 0 Å². The molecule has 1 atom stereocenters. The SMILES string of the molecule is Cc1ccc2c(c1)C[C@@H](CO)N(BC=O)C2. The number of carbonyl (C=O) groups excluding carboxylic acids is 1. The molecule has 1 aliphatic rings. The molecule has 0 unspecified atom stereocenters. The zero-order valence-corrected chi connectivity index (χ0v) is 9.52. The minimum Gasteiger partial charge on any atom is -0.395 e. The molecule has 0 aliphatic carbocycles. The molecule has 0 radical (unpaired) electrons. The minimum atomic E-state index is 0.0829. The first-order valence-corrected chi connectivity index (χ1v) is 5.61. The zero-order chi connectivity index (χ0) is 11.5. The number of nitrogens with zero attached hydrogens (tertiary/aromatic N) is 1. The molecule has 0 saturated carbocycles. The summed E-state index contributed by atoms with van der Waals surface area (Å²) < 4.78 is 0. The Labute approximate surface area is 96.3 Å². The van der Waals surface area contributed by atoms with Gasteiger partial charge in [-0.3, -0.25) is 0 Å². The maximum atomic E-state index is 10.6. The molecule has 0 aromatic heterocycles. The Morgan fingerprint density at radius 1 is 1.56 bits per heavy atom. The van der Waals surface area contributed by atoms with Crippen LogP contribution >= 0.6 is 0 Å². The molecule has 4 heteroatoms. The molecule has 1 aromatic carbocycles. The highest BCUT2D eigenvalue weighted by Crippen LogP contribution is 2.23. The van der Waals surface area contributed by atoms with Crippen LogP contribution in [0.2, 0.25) is 0 Å². The van der Waals surface area contributed by atoms with Crippen molar-refractivity contribution >= 4 is 13.6 Å². The monoisotopic (exact) mass is 217 g/mol. The van der Waals surface area contributed by atoms with Gasteiger partial charge in [0.1, 0.15) is 0 Å². The van der Waals surface area contributed by atoms with E-state index in [9.17, 15) is 9.90 Å². The topological polar surface area (TPSA) is 40.5 Å². The average molecular weight is 217 g/mol. The second-order valence-corrected chi connectivity index (χ2v) is 4.41. The highest BCUT2D eigenvalue weighted by atomic mass is 16.3. The predicted octanol–water partition coefficient (Wildman–Crippen LogP) is 0.256. The Bertz CT molecular complexity index is 395. The van der Waals surface area contributed by atoms with Gasteiger partial charge < -0.3 is 14.7 Å². The lowest BCUT2D eigenvalue weighted by molar-refractivity contribution is 0.175. The summed E-state index contributed by atoms with van der Waals surface area (Å²) in [4.78, 5) is 12.6. The summed E-state index contributed by atoms with van der Waals surface area (Å²) in [5.74, 6) is 0. The van der Waals surface area contributed by atoms with E-state index in [1.807, 2.05) is 4.81 Å². The molecule has 0 amide bonds. The summed E-state index contributed by atoms with van der Waals surface area (Å²) in [5, 5.41) is 9.33. The first kappa shape index (κ1) is 11.4. The van der Waals surface area contributed by atoms with Gasteiger partial charge in [0.25, 0.3) is 7.41 Å². The van der Waals surface area contributed by atoms with Gasteiger partial charge >= 0.3 is 0 Å². The fourth-order valence-corrected chi connectivity index (χ4v) is 2.32. The van der Waals surface area contributed by atoms with Crippen molar-refractivity contribution in [3.63, 3.8) is 0 Å². The molecule has 1 aromatic rings. The molecule has 1 heterocycles. The highest BCUT2D eigenvalue weighted by Gasteiger charge is 2.25. The zero-order valence-electron chi connectivity index (χ0n) is 9.52. The van der Waals surface area contributed by atoms with Crippen LogP contribution in [0.1, 0.15) is 16.7 Å². The van der Waals surface area contributed by atoms with E-state index in [2.05, 4.69) is 25.1 Å². The molecule has 16 heavy (non-hydrogen) atoms. The van der Waals surface area contributed by atoms with Crippen molar-refractivity contribution in [2.45, 2.75) is 25.9 Å². The number of hydrogen-bond acceptors (Lipinski definition) is 3. The van der Waals surface area contributed by atoms with Gasteiger partial charge in [-0.1, -0.05) is 23.8 Å². The van der Waals surface area contributed by atoms with Crippen LogP contribution in [0.4, 0.5) is 0 Å².